The van der Waals surface area contributed by atoms with Crippen molar-refractivity contribution in [3.8, 4) is 11.8 Å². The Balaban J connectivity index is 2.12. The molecule has 16 heavy (non-hydrogen) atoms. The number of aromatic nitrogens is 4. The van der Waals surface area contributed by atoms with Crippen molar-refractivity contribution in [2.75, 3.05) is 7.05 Å². The zero-order valence-electron chi connectivity index (χ0n) is 9.19. The lowest BCUT2D eigenvalue weighted by Crippen LogP contribution is -2.07. The molecule has 0 atom stereocenters. The maximum atomic E-state index is 5.44. The summed E-state index contributed by atoms with van der Waals surface area (Å²) in [6, 6.07) is 1.80. The lowest BCUT2D eigenvalue weighted by atomic mass is 10.4. The SMILES string of the molecule is CNCc1cncc(Oc2cc(C)[nH]n2)n1. The monoisotopic (exact) mass is 219 g/mol. The number of nitrogens with one attached hydrogen (secondary N) is 2. The van der Waals surface area contributed by atoms with Crippen LogP contribution in [0.5, 0.6) is 11.8 Å². The third kappa shape index (κ3) is 2.54. The maximum absolute atomic E-state index is 5.44. The van der Waals surface area contributed by atoms with Crippen LogP contribution in [0.1, 0.15) is 11.4 Å². The van der Waals surface area contributed by atoms with Crippen LogP contribution in [0.2, 0.25) is 0 Å². The largest absolute Gasteiger partial charge is 0.417 e. The van der Waals surface area contributed by atoms with E-state index in [4.69, 9.17) is 4.74 Å². The summed E-state index contributed by atoms with van der Waals surface area (Å²) < 4.78 is 5.44. The smallest absolute Gasteiger partial charge is 0.240 e. The topological polar surface area (TPSA) is 75.7 Å². The second-order valence-corrected chi connectivity index (χ2v) is 3.37. The average Bonchev–Trinajstić information content (AvgIpc) is 2.65. The maximum Gasteiger partial charge on any atom is 0.240 e. The summed E-state index contributed by atoms with van der Waals surface area (Å²) >= 11 is 0. The lowest BCUT2D eigenvalue weighted by molar-refractivity contribution is 0.438. The van der Waals surface area contributed by atoms with Crippen LogP contribution < -0.4 is 10.1 Å². The van der Waals surface area contributed by atoms with Gasteiger partial charge in [0.05, 0.1) is 11.9 Å². The van der Waals surface area contributed by atoms with Crippen LogP contribution in [0, 0.1) is 6.92 Å². The first-order chi connectivity index (χ1) is 7.78. The Morgan fingerprint density at radius 1 is 1.38 bits per heavy atom. The lowest BCUT2D eigenvalue weighted by Gasteiger charge is -2.02. The van der Waals surface area contributed by atoms with E-state index in [9.17, 15) is 0 Å². The van der Waals surface area contributed by atoms with Gasteiger partial charge in [-0.1, -0.05) is 0 Å². The van der Waals surface area contributed by atoms with Crippen molar-refractivity contribution in [3.05, 3.63) is 29.8 Å². The van der Waals surface area contributed by atoms with E-state index in [-0.39, 0.29) is 0 Å². The number of rotatable bonds is 4. The summed E-state index contributed by atoms with van der Waals surface area (Å²) in [4.78, 5) is 8.31. The number of aryl methyl sites for hydroxylation is 1. The molecule has 0 saturated heterocycles. The average molecular weight is 219 g/mol. The van der Waals surface area contributed by atoms with Gasteiger partial charge >= 0.3 is 0 Å². The van der Waals surface area contributed by atoms with Crippen molar-refractivity contribution >= 4 is 0 Å². The van der Waals surface area contributed by atoms with Gasteiger partial charge in [0, 0.05) is 24.5 Å². The van der Waals surface area contributed by atoms with Gasteiger partial charge in [0.25, 0.3) is 0 Å². The van der Waals surface area contributed by atoms with Gasteiger partial charge in [-0.25, -0.2) is 4.98 Å². The number of hydrogen-bond acceptors (Lipinski definition) is 5. The van der Waals surface area contributed by atoms with E-state index in [1.165, 1.54) is 0 Å². The minimum absolute atomic E-state index is 0.444. The predicted molar refractivity (Wildman–Crippen MR) is 58.2 cm³/mol. The van der Waals surface area contributed by atoms with E-state index in [2.05, 4.69) is 25.5 Å². The standard InChI is InChI=1S/C10H13N5O/c1-7-3-9(15-14-7)16-10-6-12-5-8(13-10)4-11-2/h3,5-6,11H,4H2,1-2H3,(H,14,15). The van der Waals surface area contributed by atoms with Crippen molar-refractivity contribution < 1.29 is 4.74 Å². The van der Waals surface area contributed by atoms with Gasteiger partial charge < -0.3 is 10.1 Å². The first-order valence-corrected chi connectivity index (χ1v) is 4.93. The van der Waals surface area contributed by atoms with Gasteiger partial charge in [0.15, 0.2) is 0 Å². The van der Waals surface area contributed by atoms with E-state index < -0.39 is 0 Å². The van der Waals surface area contributed by atoms with Gasteiger partial charge in [0.2, 0.25) is 11.8 Å². The first kappa shape index (κ1) is 10.6. The van der Waals surface area contributed by atoms with E-state index in [0.717, 1.165) is 11.4 Å². The molecule has 0 saturated carbocycles. The summed E-state index contributed by atoms with van der Waals surface area (Å²) in [6.07, 6.45) is 3.25. The molecule has 0 fully saturated rings. The molecule has 0 aliphatic carbocycles. The second-order valence-electron chi connectivity index (χ2n) is 3.37. The highest BCUT2D eigenvalue weighted by molar-refractivity contribution is 5.19. The van der Waals surface area contributed by atoms with Crippen LogP contribution in [0.4, 0.5) is 0 Å². The molecule has 0 aliphatic rings. The third-order valence-corrected chi connectivity index (χ3v) is 1.91. The van der Waals surface area contributed by atoms with E-state index >= 15 is 0 Å². The van der Waals surface area contributed by atoms with Gasteiger partial charge in [-0.3, -0.25) is 10.1 Å². The highest BCUT2D eigenvalue weighted by Crippen LogP contribution is 2.16. The molecule has 0 amide bonds. The first-order valence-electron chi connectivity index (χ1n) is 4.93. The predicted octanol–water partition coefficient (Wildman–Crippen LogP) is 1.02. The van der Waals surface area contributed by atoms with Crippen LogP contribution in [-0.2, 0) is 6.54 Å². The molecule has 0 unspecified atom stereocenters. The summed E-state index contributed by atoms with van der Waals surface area (Å²) in [5, 5.41) is 9.75. The van der Waals surface area contributed by atoms with Crippen molar-refractivity contribution in [1.29, 1.82) is 0 Å². The van der Waals surface area contributed by atoms with E-state index in [1.54, 1.807) is 18.5 Å². The molecule has 0 radical (unpaired) electrons. The number of hydrogen-bond donors (Lipinski definition) is 2. The van der Waals surface area contributed by atoms with Crippen LogP contribution >= 0.6 is 0 Å². The highest BCUT2D eigenvalue weighted by Gasteiger charge is 2.03. The Morgan fingerprint density at radius 3 is 2.94 bits per heavy atom. The quantitative estimate of drug-likeness (QED) is 0.803. The molecule has 0 spiro atoms. The molecule has 0 aromatic carbocycles. The molecule has 6 heteroatoms. The number of H-pyrrole nitrogens is 1. The molecule has 0 aliphatic heterocycles. The summed E-state index contributed by atoms with van der Waals surface area (Å²) in [5.74, 6) is 0.938. The number of ether oxygens (including phenoxy) is 1. The van der Waals surface area contributed by atoms with Crippen molar-refractivity contribution in [3.63, 3.8) is 0 Å². The van der Waals surface area contributed by atoms with Crippen LogP contribution in [-0.4, -0.2) is 27.2 Å². The Kier molecular flexibility index (Phi) is 3.11. The van der Waals surface area contributed by atoms with Crippen LogP contribution in [0.25, 0.3) is 0 Å². The highest BCUT2D eigenvalue weighted by atomic mass is 16.5. The van der Waals surface area contributed by atoms with Gasteiger partial charge in [-0.2, -0.15) is 0 Å². The molecule has 6 nitrogen and oxygen atoms in total. The molecule has 2 aromatic rings. The van der Waals surface area contributed by atoms with Crippen LogP contribution in [0.15, 0.2) is 18.5 Å². The molecular formula is C10H13N5O. The summed E-state index contributed by atoms with van der Waals surface area (Å²) in [5.41, 5.74) is 1.77. The van der Waals surface area contributed by atoms with Gasteiger partial charge in [0.1, 0.15) is 0 Å². The normalized spacial score (nSPS) is 10.4. The summed E-state index contributed by atoms with van der Waals surface area (Å²) in [7, 11) is 1.85. The molecule has 84 valence electrons. The second kappa shape index (κ2) is 4.71. The Morgan fingerprint density at radius 2 is 2.25 bits per heavy atom. The number of nitrogens with zero attached hydrogens (tertiary/aromatic N) is 3. The Labute approximate surface area is 93.1 Å². The fraction of sp³-hybridized carbons (Fsp3) is 0.300. The zero-order chi connectivity index (χ0) is 11.4. The molecule has 2 heterocycles. The minimum Gasteiger partial charge on any atom is -0.417 e. The molecule has 2 rings (SSSR count). The number of aromatic amines is 1. The third-order valence-electron chi connectivity index (χ3n) is 1.91. The van der Waals surface area contributed by atoms with Crippen molar-refractivity contribution in [2.24, 2.45) is 0 Å². The van der Waals surface area contributed by atoms with Crippen molar-refractivity contribution in [1.82, 2.24) is 25.5 Å². The summed E-state index contributed by atoms with van der Waals surface area (Å²) in [6.45, 7) is 2.56. The fourth-order valence-electron chi connectivity index (χ4n) is 1.25. The van der Waals surface area contributed by atoms with Crippen LogP contribution in [0.3, 0.4) is 0 Å². The Bertz CT molecular complexity index is 468. The Hall–Kier alpha value is -1.95. The van der Waals surface area contributed by atoms with Gasteiger partial charge in [-0.05, 0) is 14.0 Å². The minimum atomic E-state index is 0.444. The zero-order valence-corrected chi connectivity index (χ0v) is 9.19. The molecule has 2 N–H and O–H groups in total. The van der Waals surface area contributed by atoms with E-state index in [1.807, 2.05) is 14.0 Å². The van der Waals surface area contributed by atoms with Gasteiger partial charge in [-0.15, -0.1) is 5.10 Å². The molecule has 0 bridgehead atoms. The molecular weight excluding hydrogens is 206 g/mol. The van der Waals surface area contributed by atoms with Crippen molar-refractivity contribution in [2.45, 2.75) is 13.5 Å². The van der Waals surface area contributed by atoms with E-state index in [0.29, 0.717) is 18.3 Å². The fourth-order valence-corrected chi connectivity index (χ4v) is 1.25. The molecule has 2 aromatic heterocycles.